The summed E-state index contributed by atoms with van der Waals surface area (Å²) in [5.74, 6) is 1.36. The molecular formula is C23H44N4O. The fourth-order valence-corrected chi connectivity index (χ4v) is 5.18. The number of amides is 1. The van der Waals surface area contributed by atoms with Gasteiger partial charge in [0.2, 0.25) is 5.91 Å². The van der Waals surface area contributed by atoms with E-state index in [9.17, 15) is 4.79 Å². The third-order valence-corrected chi connectivity index (χ3v) is 6.99. The van der Waals surface area contributed by atoms with Crippen LogP contribution in [0.25, 0.3) is 0 Å². The zero-order valence-corrected chi connectivity index (χ0v) is 18.4. The normalized spacial score (nSPS) is 22.7. The van der Waals surface area contributed by atoms with Gasteiger partial charge in [0.05, 0.1) is 0 Å². The summed E-state index contributed by atoms with van der Waals surface area (Å²) < 4.78 is 0. The Labute approximate surface area is 172 Å². The van der Waals surface area contributed by atoms with Crippen LogP contribution in [-0.2, 0) is 4.79 Å². The Morgan fingerprint density at radius 1 is 1.14 bits per heavy atom. The molecule has 1 aliphatic heterocycles. The topological polar surface area (TPSA) is 73.4 Å². The number of carbonyl (C=O) groups is 1. The summed E-state index contributed by atoms with van der Waals surface area (Å²) in [4.78, 5) is 17.0. The van der Waals surface area contributed by atoms with Crippen LogP contribution in [0, 0.1) is 23.2 Å². The summed E-state index contributed by atoms with van der Waals surface area (Å²) in [6.45, 7) is 5.82. The highest BCUT2D eigenvalue weighted by Gasteiger charge is 2.30. The number of unbranched alkanes of at least 4 members (excludes halogenated alkanes) is 2. The van der Waals surface area contributed by atoms with Gasteiger partial charge in [0, 0.05) is 19.5 Å². The fraction of sp³-hybridized carbons (Fsp3) is 0.913. The lowest BCUT2D eigenvalue weighted by Crippen LogP contribution is -2.43. The molecule has 2 aliphatic rings. The molecule has 1 aliphatic carbocycles. The predicted octanol–water partition coefficient (Wildman–Crippen LogP) is 4.61. The van der Waals surface area contributed by atoms with Crippen LogP contribution in [0.4, 0.5) is 0 Å². The van der Waals surface area contributed by atoms with Crippen molar-refractivity contribution in [2.45, 2.75) is 90.4 Å². The number of piperidine rings is 1. The molecule has 5 heteroatoms. The molecule has 2 fully saturated rings. The quantitative estimate of drug-likeness (QED) is 0.324. The number of guanidine groups is 1. The number of nitrogens with zero attached hydrogens (tertiary/aromatic N) is 2. The first-order valence-corrected chi connectivity index (χ1v) is 11.8. The Bertz CT molecular complexity index is 475. The first kappa shape index (κ1) is 23.2. The third kappa shape index (κ3) is 7.73. The molecule has 3 N–H and O–H groups in total. The van der Waals surface area contributed by atoms with E-state index in [1.807, 2.05) is 0 Å². The highest BCUT2D eigenvalue weighted by molar-refractivity contribution is 5.95. The van der Waals surface area contributed by atoms with Gasteiger partial charge in [-0.2, -0.15) is 0 Å². The zero-order chi connectivity index (χ0) is 20.4. The van der Waals surface area contributed by atoms with Gasteiger partial charge in [-0.1, -0.05) is 51.9 Å². The summed E-state index contributed by atoms with van der Waals surface area (Å²) in [7, 11) is 1.66. The minimum atomic E-state index is -0.127. The molecule has 0 aromatic heterocycles. The van der Waals surface area contributed by atoms with Crippen molar-refractivity contribution in [3.05, 3.63) is 0 Å². The van der Waals surface area contributed by atoms with Crippen LogP contribution in [0.5, 0.6) is 0 Å². The van der Waals surface area contributed by atoms with Gasteiger partial charge >= 0.3 is 0 Å². The molecule has 162 valence electrons. The molecule has 5 nitrogen and oxygen atoms in total. The smallest absolute Gasteiger partial charge is 0.232 e. The summed E-state index contributed by atoms with van der Waals surface area (Å²) in [5.41, 5.74) is 5.62. The monoisotopic (exact) mass is 392 g/mol. The van der Waals surface area contributed by atoms with E-state index in [-0.39, 0.29) is 17.8 Å². The van der Waals surface area contributed by atoms with Gasteiger partial charge in [0.25, 0.3) is 0 Å². The molecule has 0 spiro atoms. The molecule has 0 radical (unpaired) electrons. The van der Waals surface area contributed by atoms with Crippen LogP contribution in [0.3, 0.4) is 0 Å². The maximum absolute atomic E-state index is 13.0. The lowest BCUT2D eigenvalue weighted by molar-refractivity contribution is -0.131. The summed E-state index contributed by atoms with van der Waals surface area (Å²) in [6.07, 6.45) is 16.2. The largest absolute Gasteiger partial charge is 0.370 e. The predicted molar refractivity (Wildman–Crippen MR) is 117 cm³/mol. The third-order valence-electron chi connectivity index (χ3n) is 6.99. The zero-order valence-electron chi connectivity index (χ0n) is 18.4. The summed E-state index contributed by atoms with van der Waals surface area (Å²) in [5, 5.41) is 7.67. The highest BCUT2D eigenvalue weighted by atomic mass is 16.2. The molecule has 0 bridgehead atoms. The van der Waals surface area contributed by atoms with E-state index in [0.29, 0.717) is 5.92 Å². The molecule has 1 saturated carbocycles. The van der Waals surface area contributed by atoms with Crippen molar-refractivity contribution in [3.8, 4) is 0 Å². The van der Waals surface area contributed by atoms with Crippen molar-refractivity contribution in [3.63, 3.8) is 0 Å². The fourth-order valence-electron chi connectivity index (χ4n) is 5.18. The Morgan fingerprint density at radius 2 is 1.86 bits per heavy atom. The van der Waals surface area contributed by atoms with Crippen molar-refractivity contribution in [2.24, 2.45) is 23.5 Å². The molecule has 0 aromatic rings. The summed E-state index contributed by atoms with van der Waals surface area (Å²) in [6, 6.07) is 0. The van der Waals surface area contributed by atoms with Gasteiger partial charge in [-0.05, 0) is 63.5 Å². The van der Waals surface area contributed by atoms with E-state index in [4.69, 9.17) is 11.1 Å². The number of hydrogen-bond acceptors (Lipinski definition) is 3. The first-order valence-electron chi connectivity index (χ1n) is 11.8. The van der Waals surface area contributed by atoms with Crippen LogP contribution >= 0.6 is 0 Å². The lowest BCUT2D eigenvalue weighted by Gasteiger charge is -2.35. The van der Waals surface area contributed by atoms with Crippen molar-refractivity contribution in [1.29, 1.82) is 5.41 Å². The highest BCUT2D eigenvalue weighted by Crippen LogP contribution is 2.32. The van der Waals surface area contributed by atoms with E-state index in [1.165, 1.54) is 82.2 Å². The molecule has 2 rings (SSSR count). The van der Waals surface area contributed by atoms with Crippen LogP contribution < -0.4 is 5.73 Å². The number of hydrogen-bond donors (Lipinski definition) is 2. The second-order valence-electron chi connectivity index (χ2n) is 9.31. The van der Waals surface area contributed by atoms with E-state index in [0.717, 1.165) is 31.7 Å². The molecule has 1 unspecified atom stereocenters. The van der Waals surface area contributed by atoms with E-state index in [1.54, 1.807) is 7.05 Å². The van der Waals surface area contributed by atoms with Gasteiger partial charge in [-0.25, -0.2) is 0 Å². The summed E-state index contributed by atoms with van der Waals surface area (Å²) >= 11 is 0. The van der Waals surface area contributed by atoms with Crippen molar-refractivity contribution in [1.82, 2.24) is 9.80 Å². The Kier molecular flexibility index (Phi) is 10.3. The van der Waals surface area contributed by atoms with Gasteiger partial charge in [0.15, 0.2) is 5.96 Å². The average molecular weight is 393 g/mol. The van der Waals surface area contributed by atoms with Gasteiger partial charge in [-0.15, -0.1) is 0 Å². The molecule has 0 aromatic carbocycles. The maximum atomic E-state index is 13.0. The van der Waals surface area contributed by atoms with E-state index < -0.39 is 0 Å². The van der Waals surface area contributed by atoms with Gasteiger partial charge in [-0.3, -0.25) is 15.1 Å². The van der Waals surface area contributed by atoms with Crippen LogP contribution in [0.1, 0.15) is 90.4 Å². The minimum Gasteiger partial charge on any atom is -0.370 e. The van der Waals surface area contributed by atoms with Crippen molar-refractivity contribution >= 4 is 11.9 Å². The Morgan fingerprint density at radius 3 is 2.54 bits per heavy atom. The number of carbonyl (C=O) groups excluding carboxylic acids is 1. The minimum absolute atomic E-state index is 0.0245. The molecular weight excluding hydrogens is 348 g/mol. The molecule has 28 heavy (non-hydrogen) atoms. The SMILES string of the molecule is CCCCCN1CCCC(C[C@H](CCC2CCCCC2)C(=O)N(C)C(=N)N)C1. The van der Waals surface area contributed by atoms with E-state index >= 15 is 0 Å². The number of nitrogens with two attached hydrogens (primary N) is 1. The number of likely N-dealkylation sites (tertiary alicyclic amines) is 1. The molecule has 1 saturated heterocycles. The van der Waals surface area contributed by atoms with Crippen molar-refractivity contribution in [2.75, 3.05) is 26.7 Å². The first-order chi connectivity index (χ1) is 13.5. The van der Waals surface area contributed by atoms with Gasteiger partial charge < -0.3 is 10.6 Å². The van der Waals surface area contributed by atoms with Crippen molar-refractivity contribution < 1.29 is 4.79 Å². The number of rotatable bonds is 10. The second-order valence-corrected chi connectivity index (χ2v) is 9.31. The van der Waals surface area contributed by atoms with E-state index in [2.05, 4.69) is 11.8 Å². The number of nitrogens with one attached hydrogen (secondary N) is 1. The molecule has 1 amide bonds. The van der Waals surface area contributed by atoms with Crippen LogP contribution in [0.2, 0.25) is 0 Å². The van der Waals surface area contributed by atoms with Crippen LogP contribution in [-0.4, -0.2) is 48.3 Å². The second kappa shape index (κ2) is 12.5. The average Bonchev–Trinajstić information content (AvgIpc) is 2.71. The molecule has 2 atom stereocenters. The standard InChI is InChI=1S/C23H44N4O/c1-3-4-8-15-27-16-9-12-20(18-27)17-21(22(28)26(2)23(24)25)14-13-19-10-6-5-7-11-19/h19-21H,3-18H2,1-2H3,(H3,24,25)/t20?,21-/m0/s1. The van der Waals surface area contributed by atoms with Crippen LogP contribution in [0.15, 0.2) is 0 Å². The maximum Gasteiger partial charge on any atom is 0.232 e. The Balaban J connectivity index is 1.91. The van der Waals surface area contributed by atoms with Gasteiger partial charge in [0.1, 0.15) is 0 Å². The molecule has 1 heterocycles. The Hall–Kier alpha value is -1.10. The lowest BCUT2D eigenvalue weighted by atomic mass is 9.80.